The zero-order valence-corrected chi connectivity index (χ0v) is 17.6. The van der Waals surface area contributed by atoms with Crippen LogP contribution in [0.5, 0.6) is 0 Å². The van der Waals surface area contributed by atoms with Gasteiger partial charge in [-0.2, -0.15) is 0 Å². The average molecular weight is 427 g/mol. The molecule has 3 amide bonds. The number of carbonyl (C=O) groups excluding carboxylic acids is 4. The molecule has 156 valence electrons. The third kappa shape index (κ3) is 4.85. The number of imide groups is 1. The fourth-order valence-corrected chi connectivity index (χ4v) is 4.09. The highest BCUT2D eigenvalue weighted by Gasteiger charge is 2.37. The summed E-state index contributed by atoms with van der Waals surface area (Å²) in [7, 11) is 1.42. The highest BCUT2D eigenvalue weighted by atomic mass is 32.2. The summed E-state index contributed by atoms with van der Waals surface area (Å²) >= 11 is 1.04. The van der Waals surface area contributed by atoms with Crippen LogP contribution in [0.2, 0.25) is 0 Å². The molecule has 9 heteroatoms. The van der Waals surface area contributed by atoms with E-state index in [9.17, 15) is 19.2 Å². The van der Waals surface area contributed by atoms with Gasteiger partial charge in [0, 0.05) is 25.4 Å². The predicted octanol–water partition coefficient (Wildman–Crippen LogP) is 2.34. The Morgan fingerprint density at radius 1 is 1.27 bits per heavy atom. The molecule has 0 aliphatic carbocycles. The second-order valence-electron chi connectivity index (χ2n) is 6.90. The Morgan fingerprint density at radius 3 is 2.70 bits per heavy atom. The van der Waals surface area contributed by atoms with Gasteiger partial charge in [0.15, 0.2) is 6.61 Å². The molecule has 1 aromatic heterocycles. The van der Waals surface area contributed by atoms with Crippen LogP contribution in [0.15, 0.2) is 41.6 Å². The van der Waals surface area contributed by atoms with Crippen LogP contribution >= 0.6 is 11.8 Å². The van der Waals surface area contributed by atoms with Crippen LogP contribution in [0.3, 0.4) is 0 Å². The first-order chi connectivity index (χ1) is 14.3. The van der Waals surface area contributed by atoms with Gasteiger partial charge in [0.2, 0.25) is 11.8 Å². The zero-order valence-electron chi connectivity index (χ0n) is 16.8. The van der Waals surface area contributed by atoms with Crippen LogP contribution in [0.4, 0.5) is 5.69 Å². The number of benzene rings is 1. The van der Waals surface area contributed by atoms with Crippen LogP contribution in [0.1, 0.15) is 27.9 Å². The maximum Gasteiger partial charge on any atom is 0.341 e. The number of aromatic nitrogens is 1. The van der Waals surface area contributed by atoms with E-state index in [0.29, 0.717) is 5.69 Å². The van der Waals surface area contributed by atoms with E-state index in [1.165, 1.54) is 19.3 Å². The third-order valence-electron chi connectivity index (χ3n) is 4.58. The van der Waals surface area contributed by atoms with Gasteiger partial charge in [-0.15, -0.1) is 0 Å². The molecule has 8 nitrogen and oxygen atoms in total. The van der Waals surface area contributed by atoms with Crippen LogP contribution in [-0.4, -0.2) is 52.5 Å². The minimum atomic E-state index is -0.730. The zero-order chi connectivity index (χ0) is 21.8. The van der Waals surface area contributed by atoms with Gasteiger partial charge in [0.05, 0.1) is 10.8 Å². The average Bonchev–Trinajstić information content (AvgIpc) is 2.95. The maximum absolute atomic E-state index is 12.5. The van der Waals surface area contributed by atoms with Crippen molar-refractivity contribution in [3.8, 4) is 0 Å². The van der Waals surface area contributed by atoms with E-state index in [4.69, 9.17) is 4.74 Å². The van der Waals surface area contributed by atoms with Crippen molar-refractivity contribution in [2.24, 2.45) is 0 Å². The predicted molar refractivity (Wildman–Crippen MR) is 111 cm³/mol. The van der Waals surface area contributed by atoms with Gasteiger partial charge in [-0.05, 0) is 37.6 Å². The lowest BCUT2D eigenvalue weighted by Gasteiger charge is -2.12. The Morgan fingerprint density at radius 2 is 2.03 bits per heavy atom. The number of aryl methyl sites for hydroxylation is 2. The minimum Gasteiger partial charge on any atom is -0.452 e. The molecule has 1 aliphatic rings. The van der Waals surface area contributed by atoms with Crippen molar-refractivity contribution < 1.29 is 23.9 Å². The van der Waals surface area contributed by atoms with Crippen LogP contribution in [0, 0.1) is 13.8 Å². The number of nitrogens with one attached hydrogen (secondary N) is 1. The summed E-state index contributed by atoms with van der Waals surface area (Å²) in [5, 5.41) is 2.34. The van der Waals surface area contributed by atoms with Gasteiger partial charge >= 0.3 is 5.97 Å². The van der Waals surface area contributed by atoms with Crippen molar-refractivity contribution >= 4 is 41.1 Å². The molecule has 1 saturated heterocycles. The molecular weight excluding hydrogens is 406 g/mol. The third-order valence-corrected chi connectivity index (χ3v) is 5.78. The first-order valence-electron chi connectivity index (χ1n) is 9.22. The number of hydrogen-bond donors (Lipinski definition) is 1. The number of ether oxygens (including phenoxy) is 1. The molecule has 0 spiro atoms. The number of carbonyl (C=O) groups is 4. The highest BCUT2D eigenvalue weighted by molar-refractivity contribution is 8.00. The van der Waals surface area contributed by atoms with Gasteiger partial charge in [-0.1, -0.05) is 29.5 Å². The number of amides is 3. The molecule has 2 heterocycles. The van der Waals surface area contributed by atoms with Gasteiger partial charge in [-0.25, -0.2) is 9.78 Å². The fraction of sp³-hybridized carbons (Fsp3) is 0.286. The van der Waals surface area contributed by atoms with Crippen molar-refractivity contribution in [3.05, 3.63) is 53.2 Å². The molecule has 30 heavy (non-hydrogen) atoms. The molecule has 0 saturated carbocycles. The summed E-state index contributed by atoms with van der Waals surface area (Å²) < 4.78 is 5.13. The lowest BCUT2D eigenvalue weighted by Crippen LogP contribution is -2.26. The van der Waals surface area contributed by atoms with Gasteiger partial charge < -0.3 is 10.1 Å². The summed E-state index contributed by atoms with van der Waals surface area (Å²) in [6.07, 6.45) is 1.53. The highest BCUT2D eigenvalue weighted by Crippen LogP contribution is 2.31. The maximum atomic E-state index is 12.5. The van der Waals surface area contributed by atoms with E-state index >= 15 is 0 Å². The Bertz CT molecular complexity index is 1020. The Labute approximate surface area is 178 Å². The minimum absolute atomic E-state index is 0.0450. The molecule has 3 rings (SSSR count). The Balaban J connectivity index is 1.62. The van der Waals surface area contributed by atoms with Crippen molar-refractivity contribution in [3.63, 3.8) is 0 Å². The van der Waals surface area contributed by atoms with E-state index in [2.05, 4.69) is 10.3 Å². The van der Waals surface area contributed by atoms with Crippen molar-refractivity contribution in [2.45, 2.75) is 30.5 Å². The molecule has 1 unspecified atom stereocenters. The van der Waals surface area contributed by atoms with E-state index in [1.807, 2.05) is 26.0 Å². The second kappa shape index (κ2) is 9.08. The van der Waals surface area contributed by atoms with Gasteiger partial charge in [0.25, 0.3) is 5.91 Å². The summed E-state index contributed by atoms with van der Waals surface area (Å²) in [4.78, 5) is 53.7. The number of hydrogen-bond acceptors (Lipinski definition) is 7. The molecule has 1 aromatic carbocycles. The van der Waals surface area contributed by atoms with E-state index in [0.717, 1.165) is 27.8 Å². The molecule has 1 fully saturated rings. The first-order valence-corrected chi connectivity index (χ1v) is 10.1. The lowest BCUT2D eigenvalue weighted by molar-refractivity contribution is -0.136. The first kappa shape index (κ1) is 21.5. The standard InChI is InChI=1S/C21H21N3O5S/c1-12-6-7-15(13(2)9-12)23-17(25)11-29-21(28)14-5-4-8-22-19(14)30-16-10-18(26)24(3)20(16)27/h4-9,16H,10-11H2,1-3H3,(H,23,25). The quantitative estimate of drug-likeness (QED) is 0.557. The monoisotopic (exact) mass is 427 g/mol. The lowest BCUT2D eigenvalue weighted by atomic mass is 10.1. The number of thioether (sulfide) groups is 1. The molecule has 1 N–H and O–H groups in total. The smallest absolute Gasteiger partial charge is 0.341 e. The molecule has 1 atom stereocenters. The summed E-state index contributed by atoms with van der Waals surface area (Å²) in [6.45, 7) is 3.37. The number of nitrogens with zero attached hydrogens (tertiary/aromatic N) is 2. The number of likely N-dealkylation sites (tertiary alicyclic amines) is 1. The number of rotatable bonds is 6. The van der Waals surface area contributed by atoms with Crippen molar-refractivity contribution in [1.29, 1.82) is 0 Å². The second-order valence-corrected chi connectivity index (χ2v) is 8.09. The number of esters is 1. The summed E-state index contributed by atoms with van der Waals surface area (Å²) in [5.74, 6) is -1.80. The molecule has 0 radical (unpaired) electrons. The molecule has 1 aliphatic heterocycles. The summed E-state index contributed by atoms with van der Waals surface area (Å²) in [6, 6.07) is 8.67. The normalized spacial score (nSPS) is 16.0. The number of anilines is 1. The van der Waals surface area contributed by atoms with Crippen LogP contribution < -0.4 is 5.32 Å². The van der Waals surface area contributed by atoms with E-state index in [1.54, 1.807) is 12.1 Å². The van der Waals surface area contributed by atoms with Crippen LogP contribution in [0.25, 0.3) is 0 Å². The molecule has 2 aromatic rings. The fourth-order valence-electron chi connectivity index (χ4n) is 2.94. The van der Waals surface area contributed by atoms with Crippen LogP contribution in [-0.2, 0) is 19.1 Å². The van der Waals surface area contributed by atoms with E-state index < -0.39 is 23.7 Å². The largest absolute Gasteiger partial charge is 0.452 e. The number of pyridine rings is 1. The Kier molecular flexibility index (Phi) is 6.51. The van der Waals surface area contributed by atoms with Crippen molar-refractivity contribution in [1.82, 2.24) is 9.88 Å². The SMILES string of the molecule is Cc1ccc(NC(=O)COC(=O)c2cccnc2SC2CC(=O)N(C)C2=O)c(C)c1. The topological polar surface area (TPSA) is 106 Å². The molecule has 0 bridgehead atoms. The Hall–Kier alpha value is -3.20. The van der Waals surface area contributed by atoms with Gasteiger partial charge in [0.1, 0.15) is 5.03 Å². The molecular formula is C21H21N3O5S. The summed E-state index contributed by atoms with van der Waals surface area (Å²) in [5.41, 5.74) is 2.76. The van der Waals surface area contributed by atoms with E-state index in [-0.39, 0.29) is 28.8 Å². The van der Waals surface area contributed by atoms with Gasteiger partial charge in [-0.3, -0.25) is 19.3 Å². The van der Waals surface area contributed by atoms with Crippen molar-refractivity contribution in [2.75, 3.05) is 19.0 Å².